The topological polar surface area (TPSA) is 99.5 Å². The quantitative estimate of drug-likeness (QED) is 0.847. The lowest BCUT2D eigenvalue weighted by Crippen LogP contribution is -2.31. The Morgan fingerprint density at radius 2 is 1.96 bits per heavy atom. The number of hydrogen-bond donors (Lipinski definition) is 1. The highest BCUT2D eigenvalue weighted by molar-refractivity contribution is 7.90. The van der Waals surface area contributed by atoms with Crippen molar-refractivity contribution in [3.8, 4) is 11.5 Å². The summed E-state index contributed by atoms with van der Waals surface area (Å²) in [6.07, 6.45) is 2.76. The summed E-state index contributed by atoms with van der Waals surface area (Å²) < 4.78 is 38.4. The van der Waals surface area contributed by atoms with Crippen LogP contribution in [0.4, 0.5) is 0 Å². The number of ether oxygens (including phenoxy) is 2. The molecule has 24 heavy (non-hydrogen) atoms. The highest BCUT2D eigenvalue weighted by atomic mass is 32.2. The maximum atomic E-state index is 12.4. The molecule has 2 rings (SSSR count). The van der Waals surface area contributed by atoms with E-state index in [4.69, 9.17) is 9.47 Å². The van der Waals surface area contributed by atoms with E-state index in [0.717, 1.165) is 0 Å². The molecule has 1 aromatic carbocycles. The number of sulfonamides is 1. The van der Waals surface area contributed by atoms with Crippen molar-refractivity contribution in [2.75, 3.05) is 14.2 Å². The molecule has 0 radical (unpaired) electrons. The second-order valence-corrected chi connectivity index (χ2v) is 6.88. The molecule has 0 fully saturated rings. The molecule has 1 aromatic heterocycles. The molecular weight excluding hydrogens is 334 g/mol. The minimum Gasteiger partial charge on any atom is -0.497 e. The van der Waals surface area contributed by atoms with E-state index >= 15 is 0 Å². The van der Waals surface area contributed by atoms with Crippen molar-refractivity contribution >= 4 is 15.9 Å². The van der Waals surface area contributed by atoms with Crippen LogP contribution in [-0.2, 0) is 10.0 Å². The summed E-state index contributed by atoms with van der Waals surface area (Å²) in [5, 5.41) is -0.230. The summed E-state index contributed by atoms with van der Waals surface area (Å²) in [4.78, 5) is 16.2. The Kier molecular flexibility index (Phi) is 5.13. The number of imidazole rings is 1. The van der Waals surface area contributed by atoms with Gasteiger partial charge in [0.1, 0.15) is 11.5 Å². The summed E-state index contributed by atoms with van der Waals surface area (Å²) in [7, 11) is -1.26. The molecule has 130 valence electrons. The zero-order chi connectivity index (χ0) is 17.9. The molecule has 0 aliphatic rings. The molecule has 0 bridgehead atoms. The fourth-order valence-electron chi connectivity index (χ4n) is 1.96. The first-order chi connectivity index (χ1) is 11.3. The number of aromatic nitrogens is 2. The Bertz CT molecular complexity index is 843. The standard InChI is InChI=1S/C15H19N3O5S/c1-10(2)18-8-14(16-9-18)24(20,21)17-15(19)12-7-11(22-3)5-6-13(12)23-4/h5-10H,1-4H3,(H,17,19). The lowest BCUT2D eigenvalue weighted by molar-refractivity contribution is 0.0978. The normalized spacial score (nSPS) is 11.4. The summed E-state index contributed by atoms with van der Waals surface area (Å²) in [6, 6.07) is 4.58. The third-order valence-corrected chi connectivity index (χ3v) is 4.54. The van der Waals surface area contributed by atoms with Gasteiger partial charge < -0.3 is 14.0 Å². The Morgan fingerprint density at radius 3 is 2.50 bits per heavy atom. The van der Waals surface area contributed by atoms with Gasteiger partial charge >= 0.3 is 0 Å². The van der Waals surface area contributed by atoms with Crippen LogP contribution in [0.25, 0.3) is 0 Å². The molecular formula is C15H19N3O5S. The lowest BCUT2D eigenvalue weighted by Gasteiger charge is -2.10. The van der Waals surface area contributed by atoms with Crippen molar-refractivity contribution in [3.63, 3.8) is 0 Å². The van der Waals surface area contributed by atoms with E-state index in [1.54, 1.807) is 10.6 Å². The van der Waals surface area contributed by atoms with Gasteiger partial charge in [0.25, 0.3) is 15.9 Å². The molecule has 1 amide bonds. The predicted octanol–water partition coefficient (Wildman–Crippen LogP) is 1.60. The summed E-state index contributed by atoms with van der Waals surface area (Å²) >= 11 is 0. The minimum atomic E-state index is -4.09. The van der Waals surface area contributed by atoms with Crippen LogP contribution in [0.2, 0.25) is 0 Å². The molecule has 2 aromatic rings. The molecule has 0 saturated heterocycles. The fraction of sp³-hybridized carbons (Fsp3) is 0.333. The van der Waals surface area contributed by atoms with Gasteiger partial charge in [-0.05, 0) is 32.0 Å². The Morgan fingerprint density at radius 1 is 1.25 bits per heavy atom. The van der Waals surface area contributed by atoms with Crippen LogP contribution >= 0.6 is 0 Å². The van der Waals surface area contributed by atoms with Crippen molar-refractivity contribution in [3.05, 3.63) is 36.3 Å². The first kappa shape index (κ1) is 17.8. The van der Waals surface area contributed by atoms with Gasteiger partial charge in [0.05, 0.1) is 26.1 Å². The van der Waals surface area contributed by atoms with E-state index < -0.39 is 15.9 Å². The Hall–Kier alpha value is -2.55. The minimum absolute atomic E-state index is 0.0451. The highest BCUT2D eigenvalue weighted by Gasteiger charge is 2.24. The number of nitrogens with zero attached hydrogens (tertiary/aromatic N) is 2. The second kappa shape index (κ2) is 6.91. The molecule has 1 heterocycles. The average molecular weight is 353 g/mol. The first-order valence-corrected chi connectivity index (χ1v) is 8.59. The monoisotopic (exact) mass is 353 g/mol. The number of rotatable bonds is 6. The molecule has 0 spiro atoms. The van der Waals surface area contributed by atoms with E-state index in [-0.39, 0.29) is 22.4 Å². The number of benzene rings is 1. The van der Waals surface area contributed by atoms with Crippen molar-refractivity contribution in [2.24, 2.45) is 0 Å². The Labute approximate surface area is 140 Å². The molecule has 0 saturated carbocycles. The van der Waals surface area contributed by atoms with E-state index in [9.17, 15) is 13.2 Å². The molecule has 0 aliphatic heterocycles. The van der Waals surface area contributed by atoms with Crippen LogP contribution in [0, 0.1) is 0 Å². The van der Waals surface area contributed by atoms with Gasteiger partial charge in [-0.3, -0.25) is 4.79 Å². The van der Waals surface area contributed by atoms with Gasteiger partial charge in [-0.2, -0.15) is 8.42 Å². The van der Waals surface area contributed by atoms with Crippen molar-refractivity contribution in [1.29, 1.82) is 0 Å². The van der Waals surface area contributed by atoms with Crippen molar-refractivity contribution in [1.82, 2.24) is 14.3 Å². The van der Waals surface area contributed by atoms with Crippen LogP contribution < -0.4 is 14.2 Å². The fourth-order valence-corrected chi connectivity index (χ4v) is 2.86. The molecule has 1 N–H and O–H groups in total. The third-order valence-electron chi connectivity index (χ3n) is 3.33. The van der Waals surface area contributed by atoms with Crippen LogP contribution in [0.3, 0.4) is 0 Å². The molecule has 0 aliphatic carbocycles. The smallest absolute Gasteiger partial charge is 0.283 e. The average Bonchev–Trinajstić information content (AvgIpc) is 3.05. The van der Waals surface area contributed by atoms with E-state index in [0.29, 0.717) is 5.75 Å². The SMILES string of the molecule is COc1ccc(OC)c(C(=O)NS(=O)(=O)c2cn(C(C)C)cn2)c1. The third kappa shape index (κ3) is 3.67. The zero-order valence-corrected chi connectivity index (χ0v) is 14.6. The van der Waals surface area contributed by atoms with Gasteiger partial charge in [0.2, 0.25) is 0 Å². The molecule has 9 heteroatoms. The van der Waals surface area contributed by atoms with E-state index in [1.807, 2.05) is 18.6 Å². The number of hydrogen-bond acceptors (Lipinski definition) is 6. The summed E-state index contributed by atoms with van der Waals surface area (Å²) in [6.45, 7) is 3.77. The lowest BCUT2D eigenvalue weighted by atomic mass is 10.2. The number of methoxy groups -OCH3 is 2. The maximum Gasteiger partial charge on any atom is 0.283 e. The van der Waals surface area contributed by atoms with E-state index in [1.165, 1.54) is 38.9 Å². The zero-order valence-electron chi connectivity index (χ0n) is 13.8. The molecule has 0 unspecified atom stereocenters. The number of carbonyl (C=O) groups excluding carboxylic acids is 1. The van der Waals surface area contributed by atoms with Gasteiger partial charge in [-0.1, -0.05) is 0 Å². The number of carbonyl (C=O) groups is 1. The van der Waals surface area contributed by atoms with E-state index in [2.05, 4.69) is 4.98 Å². The van der Waals surface area contributed by atoms with Crippen LogP contribution in [0.1, 0.15) is 30.2 Å². The largest absolute Gasteiger partial charge is 0.497 e. The van der Waals surface area contributed by atoms with Crippen LogP contribution in [0.15, 0.2) is 35.7 Å². The number of nitrogens with one attached hydrogen (secondary N) is 1. The van der Waals surface area contributed by atoms with Gasteiger partial charge in [0.15, 0.2) is 5.03 Å². The molecule has 8 nitrogen and oxygen atoms in total. The first-order valence-electron chi connectivity index (χ1n) is 7.11. The Balaban J connectivity index is 2.30. The van der Waals surface area contributed by atoms with Crippen LogP contribution in [0.5, 0.6) is 11.5 Å². The summed E-state index contributed by atoms with van der Waals surface area (Å²) in [5.74, 6) is -0.191. The highest BCUT2D eigenvalue weighted by Crippen LogP contribution is 2.24. The van der Waals surface area contributed by atoms with Gasteiger partial charge in [0, 0.05) is 12.2 Å². The molecule has 0 atom stereocenters. The second-order valence-electron chi connectivity index (χ2n) is 5.25. The van der Waals surface area contributed by atoms with Crippen molar-refractivity contribution in [2.45, 2.75) is 24.9 Å². The number of amides is 1. The predicted molar refractivity (Wildman–Crippen MR) is 86.8 cm³/mol. The summed E-state index contributed by atoms with van der Waals surface area (Å²) in [5.41, 5.74) is 0.0451. The van der Waals surface area contributed by atoms with Gasteiger partial charge in [-0.25, -0.2) is 9.71 Å². The van der Waals surface area contributed by atoms with Crippen molar-refractivity contribution < 1.29 is 22.7 Å². The maximum absolute atomic E-state index is 12.4. The van der Waals surface area contributed by atoms with Gasteiger partial charge in [-0.15, -0.1) is 0 Å². The van der Waals surface area contributed by atoms with Crippen LogP contribution in [-0.4, -0.2) is 38.1 Å².